The first-order valence-corrected chi connectivity index (χ1v) is 5.28. The highest BCUT2D eigenvalue weighted by atomic mass is 79.9. The Labute approximate surface area is 99.5 Å². The van der Waals surface area contributed by atoms with Gasteiger partial charge in [0.25, 0.3) is 0 Å². The second-order valence-electron chi connectivity index (χ2n) is 3.10. The monoisotopic (exact) mass is 284 g/mol. The SMILES string of the molecule is Fc1ccc(Nc2ccncc2Br)c(F)c1. The van der Waals surface area contributed by atoms with Gasteiger partial charge in [-0.05, 0) is 34.1 Å². The molecule has 0 aliphatic rings. The first kappa shape index (κ1) is 11.0. The van der Waals surface area contributed by atoms with Crippen LogP contribution in [-0.4, -0.2) is 4.98 Å². The third-order valence-electron chi connectivity index (χ3n) is 1.97. The molecule has 0 atom stereocenters. The average Bonchev–Trinajstić information content (AvgIpc) is 2.25. The number of rotatable bonds is 2. The van der Waals surface area contributed by atoms with Gasteiger partial charge in [0.15, 0.2) is 0 Å². The minimum atomic E-state index is -0.635. The van der Waals surface area contributed by atoms with Crippen LogP contribution in [0, 0.1) is 11.6 Å². The molecule has 0 bridgehead atoms. The van der Waals surface area contributed by atoms with Crippen LogP contribution in [0.5, 0.6) is 0 Å². The molecular formula is C11H7BrF2N2. The normalized spacial score (nSPS) is 10.2. The number of hydrogen-bond acceptors (Lipinski definition) is 2. The van der Waals surface area contributed by atoms with Crippen molar-refractivity contribution in [2.45, 2.75) is 0 Å². The van der Waals surface area contributed by atoms with Crippen molar-refractivity contribution in [3.8, 4) is 0 Å². The third kappa shape index (κ3) is 2.36. The lowest BCUT2D eigenvalue weighted by atomic mass is 10.3. The molecule has 0 aliphatic carbocycles. The van der Waals surface area contributed by atoms with E-state index in [-0.39, 0.29) is 5.69 Å². The lowest BCUT2D eigenvalue weighted by molar-refractivity contribution is 0.586. The van der Waals surface area contributed by atoms with Gasteiger partial charge in [-0.2, -0.15) is 0 Å². The van der Waals surface area contributed by atoms with E-state index in [1.807, 2.05) is 0 Å². The second-order valence-corrected chi connectivity index (χ2v) is 3.96. The van der Waals surface area contributed by atoms with Crippen molar-refractivity contribution >= 4 is 27.3 Å². The fourth-order valence-corrected chi connectivity index (χ4v) is 1.56. The number of nitrogens with zero attached hydrogens (tertiary/aromatic N) is 1. The van der Waals surface area contributed by atoms with Crippen molar-refractivity contribution in [2.75, 3.05) is 5.32 Å². The molecule has 2 nitrogen and oxygen atoms in total. The molecule has 5 heteroatoms. The van der Waals surface area contributed by atoms with Crippen LogP contribution in [-0.2, 0) is 0 Å². The largest absolute Gasteiger partial charge is 0.352 e. The fraction of sp³-hybridized carbons (Fsp3) is 0. The number of benzene rings is 1. The predicted molar refractivity (Wildman–Crippen MR) is 61.6 cm³/mol. The van der Waals surface area contributed by atoms with Gasteiger partial charge in [-0.25, -0.2) is 8.78 Å². The smallest absolute Gasteiger partial charge is 0.149 e. The third-order valence-corrected chi connectivity index (χ3v) is 2.60. The zero-order chi connectivity index (χ0) is 11.5. The molecule has 1 heterocycles. The molecule has 0 saturated carbocycles. The van der Waals surface area contributed by atoms with Crippen molar-refractivity contribution < 1.29 is 8.78 Å². The summed E-state index contributed by atoms with van der Waals surface area (Å²) in [7, 11) is 0. The topological polar surface area (TPSA) is 24.9 Å². The molecular weight excluding hydrogens is 278 g/mol. The first-order chi connectivity index (χ1) is 7.66. The van der Waals surface area contributed by atoms with E-state index in [1.165, 1.54) is 12.1 Å². The van der Waals surface area contributed by atoms with Crippen LogP contribution in [0.2, 0.25) is 0 Å². The Morgan fingerprint density at radius 1 is 1.12 bits per heavy atom. The second kappa shape index (κ2) is 4.57. The van der Waals surface area contributed by atoms with Gasteiger partial charge in [0.2, 0.25) is 0 Å². The zero-order valence-corrected chi connectivity index (χ0v) is 9.63. The molecule has 2 rings (SSSR count). The van der Waals surface area contributed by atoms with Crippen LogP contribution < -0.4 is 5.32 Å². The van der Waals surface area contributed by atoms with Gasteiger partial charge in [0.1, 0.15) is 11.6 Å². The van der Waals surface area contributed by atoms with E-state index < -0.39 is 11.6 Å². The van der Waals surface area contributed by atoms with E-state index >= 15 is 0 Å². The number of hydrogen-bond donors (Lipinski definition) is 1. The summed E-state index contributed by atoms with van der Waals surface area (Å²) in [6.45, 7) is 0. The van der Waals surface area contributed by atoms with Crippen molar-refractivity contribution in [2.24, 2.45) is 0 Å². The molecule has 0 saturated heterocycles. The van der Waals surface area contributed by atoms with Gasteiger partial charge in [-0.15, -0.1) is 0 Å². The Balaban J connectivity index is 2.31. The predicted octanol–water partition coefficient (Wildman–Crippen LogP) is 3.87. The molecule has 16 heavy (non-hydrogen) atoms. The highest BCUT2D eigenvalue weighted by Crippen LogP contribution is 2.26. The molecule has 0 radical (unpaired) electrons. The fourth-order valence-electron chi connectivity index (χ4n) is 1.21. The Hall–Kier alpha value is -1.49. The summed E-state index contributed by atoms with van der Waals surface area (Å²) in [5.74, 6) is -1.24. The number of nitrogens with one attached hydrogen (secondary N) is 1. The number of pyridine rings is 1. The molecule has 1 aromatic heterocycles. The summed E-state index contributed by atoms with van der Waals surface area (Å²) in [4.78, 5) is 3.88. The van der Waals surface area contributed by atoms with Gasteiger partial charge in [-0.3, -0.25) is 4.98 Å². The maximum Gasteiger partial charge on any atom is 0.149 e. The summed E-state index contributed by atoms with van der Waals surface area (Å²) >= 11 is 3.27. The Kier molecular flexibility index (Phi) is 3.14. The lowest BCUT2D eigenvalue weighted by Crippen LogP contribution is -1.95. The van der Waals surface area contributed by atoms with Crippen molar-refractivity contribution in [1.82, 2.24) is 4.98 Å². The Morgan fingerprint density at radius 2 is 1.94 bits per heavy atom. The molecule has 1 N–H and O–H groups in total. The minimum absolute atomic E-state index is 0.216. The average molecular weight is 285 g/mol. The van der Waals surface area contributed by atoms with Gasteiger partial charge >= 0.3 is 0 Å². The molecule has 0 fully saturated rings. The molecule has 2 aromatic rings. The molecule has 0 amide bonds. The van der Waals surface area contributed by atoms with Crippen LogP contribution in [0.15, 0.2) is 41.1 Å². The summed E-state index contributed by atoms with van der Waals surface area (Å²) in [6.07, 6.45) is 3.16. The van der Waals surface area contributed by atoms with Crippen LogP contribution in [0.4, 0.5) is 20.2 Å². The molecule has 0 unspecified atom stereocenters. The highest BCUT2D eigenvalue weighted by Gasteiger charge is 2.05. The standard InChI is InChI=1S/C11H7BrF2N2/c12-8-6-15-4-3-10(8)16-11-2-1-7(13)5-9(11)14/h1-6H,(H,15,16). The summed E-state index contributed by atoms with van der Waals surface area (Å²) in [5.41, 5.74) is 0.883. The number of anilines is 2. The van der Waals surface area contributed by atoms with Crippen LogP contribution in [0.25, 0.3) is 0 Å². The van der Waals surface area contributed by atoms with Gasteiger partial charge in [0.05, 0.1) is 15.8 Å². The van der Waals surface area contributed by atoms with Crippen molar-refractivity contribution in [3.05, 3.63) is 52.8 Å². The van der Waals surface area contributed by atoms with Crippen LogP contribution >= 0.6 is 15.9 Å². The Morgan fingerprint density at radius 3 is 2.62 bits per heavy atom. The number of aromatic nitrogens is 1. The lowest BCUT2D eigenvalue weighted by Gasteiger charge is -2.08. The van der Waals surface area contributed by atoms with Gasteiger partial charge < -0.3 is 5.32 Å². The van der Waals surface area contributed by atoms with E-state index in [0.717, 1.165) is 6.07 Å². The van der Waals surface area contributed by atoms with E-state index in [1.54, 1.807) is 18.5 Å². The maximum absolute atomic E-state index is 13.3. The molecule has 82 valence electrons. The molecule has 1 aromatic carbocycles. The Bertz CT molecular complexity index is 517. The maximum atomic E-state index is 13.3. The number of halogens is 3. The van der Waals surface area contributed by atoms with E-state index in [4.69, 9.17) is 0 Å². The first-order valence-electron chi connectivity index (χ1n) is 4.48. The van der Waals surface area contributed by atoms with Crippen LogP contribution in [0.1, 0.15) is 0 Å². The van der Waals surface area contributed by atoms with Gasteiger partial charge in [0, 0.05) is 18.5 Å². The quantitative estimate of drug-likeness (QED) is 0.906. The zero-order valence-electron chi connectivity index (χ0n) is 8.05. The van der Waals surface area contributed by atoms with Crippen molar-refractivity contribution in [3.63, 3.8) is 0 Å². The van der Waals surface area contributed by atoms with Gasteiger partial charge in [-0.1, -0.05) is 0 Å². The van der Waals surface area contributed by atoms with E-state index in [9.17, 15) is 8.78 Å². The van der Waals surface area contributed by atoms with E-state index in [0.29, 0.717) is 10.2 Å². The summed E-state index contributed by atoms with van der Waals surface area (Å²) in [5, 5.41) is 2.84. The highest BCUT2D eigenvalue weighted by molar-refractivity contribution is 9.10. The molecule has 0 spiro atoms. The summed E-state index contributed by atoms with van der Waals surface area (Å²) in [6, 6.07) is 5.06. The van der Waals surface area contributed by atoms with Crippen LogP contribution in [0.3, 0.4) is 0 Å². The van der Waals surface area contributed by atoms with E-state index in [2.05, 4.69) is 26.2 Å². The summed E-state index contributed by atoms with van der Waals surface area (Å²) < 4.78 is 26.7. The van der Waals surface area contributed by atoms with Crippen molar-refractivity contribution in [1.29, 1.82) is 0 Å². The molecule has 0 aliphatic heterocycles. The minimum Gasteiger partial charge on any atom is -0.352 e.